The minimum absolute atomic E-state index is 0.622. The second-order valence-corrected chi connectivity index (χ2v) is 5.25. The van der Waals surface area contributed by atoms with Gasteiger partial charge in [-0.3, -0.25) is 4.68 Å². The second-order valence-electron chi connectivity index (χ2n) is 4.40. The van der Waals surface area contributed by atoms with Crippen LogP contribution in [0.15, 0.2) is 10.7 Å². The molecule has 3 nitrogen and oxygen atoms in total. The number of nitrogens with zero attached hydrogens (tertiary/aromatic N) is 2. The van der Waals surface area contributed by atoms with Gasteiger partial charge in [-0.2, -0.15) is 5.10 Å². The molecule has 0 amide bonds. The molecule has 90 valence electrons. The maximum absolute atomic E-state index is 4.42. The van der Waals surface area contributed by atoms with Gasteiger partial charge in [0.1, 0.15) is 0 Å². The highest BCUT2D eigenvalue weighted by atomic mass is 79.9. The van der Waals surface area contributed by atoms with E-state index in [9.17, 15) is 0 Å². The van der Waals surface area contributed by atoms with Crippen molar-refractivity contribution in [2.45, 2.75) is 51.6 Å². The summed E-state index contributed by atoms with van der Waals surface area (Å²) in [5.74, 6) is 0.622. The summed E-state index contributed by atoms with van der Waals surface area (Å²) in [6.07, 6.45) is 5.83. The van der Waals surface area contributed by atoms with E-state index >= 15 is 0 Å². The topological polar surface area (TPSA) is 29.9 Å². The fraction of sp³-hybridized carbons (Fsp3) is 0.750. The Labute approximate surface area is 106 Å². The highest BCUT2D eigenvalue weighted by molar-refractivity contribution is 9.10. The normalized spacial score (nSPS) is 25.2. The van der Waals surface area contributed by atoms with Gasteiger partial charge in [-0.25, -0.2) is 0 Å². The molecule has 0 radical (unpaired) electrons. The molecule has 0 bridgehead atoms. The van der Waals surface area contributed by atoms with Crippen LogP contribution >= 0.6 is 15.9 Å². The maximum Gasteiger partial charge on any atom is 0.0635 e. The predicted octanol–water partition coefficient (Wildman–Crippen LogP) is 2.91. The van der Waals surface area contributed by atoms with Crippen molar-refractivity contribution in [3.63, 3.8) is 0 Å². The van der Waals surface area contributed by atoms with E-state index in [4.69, 9.17) is 0 Å². The molecule has 1 fully saturated rings. The van der Waals surface area contributed by atoms with E-state index in [1.54, 1.807) is 0 Å². The van der Waals surface area contributed by atoms with Crippen LogP contribution in [0, 0.1) is 0 Å². The van der Waals surface area contributed by atoms with Crippen LogP contribution in [0.5, 0.6) is 0 Å². The summed E-state index contributed by atoms with van der Waals surface area (Å²) in [4.78, 5) is 0. The Morgan fingerprint density at radius 1 is 1.50 bits per heavy atom. The second kappa shape index (κ2) is 5.32. The Balaban J connectivity index is 2.24. The molecule has 1 aromatic heterocycles. The first-order valence-corrected chi connectivity index (χ1v) is 7.01. The summed E-state index contributed by atoms with van der Waals surface area (Å²) in [6.45, 7) is 6.34. The number of hydrogen-bond acceptors (Lipinski definition) is 2. The molecule has 2 rings (SSSR count). The third kappa shape index (κ3) is 2.18. The van der Waals surface area contributed by atoms with Crippen LogP contribution in [0.1, 0.15) is 44.7 Å². The molecule has 16 heavy (non-hydrogen) atoms. The zero-order valence-electron chi connectivity index (χ0n) is 10.0. The van der Waals surface area contributed by atoms with Crippen LogP contribution in [0.2, 0.25) is 0 Å². The van der Waals surface area contributed by atoms with E-state index in [1.807, 2.05) is 6.20 Å². The van der Waals surface area contributed by atoms with Crippen molar-refractivity contribution in [2.24, 2.45) is 0 Å². The van der Waals surface area contributed by atoms with Gasteiger partial charge in [-0.15, -0.1) is 0 Å². The zero-order valence-corrected chi connectivity index (χ0v) is 11.6. The lowest BCUT2D eigenvalue weighted by molar-refractivity contribution is 0.461. The van der Waals surface area contributed by atoms with E-state index in [0.717, 1.165) is 13.1 Å². The van der Waals surface area contributed by atoms with Crippen LogP contribution in [0.25, 0.3) is 0 Å². The van der Waals surface area contributed by atoms with Gasteiger partial charge in [0.05, 0.1) is 16.4 Å². The fourth-order valence-corrected chi connectivity index (χ4v) is 3.38. The average Bonchev–Trinajstić information content (AvgIpc) is 2.85. The number of aromatic nitrogens is 2. The molecule has 1 aliphatic carbocycles. The van der Waals surface area contributed by atoms with Gasteiger partial charge in [-0.05, 0) is 42.2 Å². The highest BCUT2D eigenvalue weighted by Crippen LogP contribution is 2.37. The van der Waals surface area contributed by atoms with Crippen molar-refractivity contribution in [3.8, 4) is 0 Å². The fourth-order valence-electron chi connectivity index (χ4n) is 2.79. The van der Waals surface area contributed by atoms with Crippen LogP contribution in [0.3, 0.4) is 0 Å². The van der Waals surface area contributed by atoms with Crippen molar-refractivity contribution in [1.29, 1.82) is 0 Å². The molecule has 1 saturated carbocycles. The molecule has 0 aliphatic heterocycles. The summed E-state index contributed by atoms with van der Waals surface area (Å²) in [5.41, 5.74) is 1.38. The first-order chi connectivity index (χ1) is 7.77. The molecule has 1 N–H and O–H groups in total. The molecule has 0 aromatic carbocycles. The number of halogens is 1. The van der Waals surface area contributed by atoms with E-state index < -0.39 is 0 Å². The summed E-state index contributed by atoms with van der Waals surface area (Å²) >= 11 is 3.64. The van der Waals surface area contributed by atoms with Crippen molar-refractivity contribution in [3.05, 3.63) is 16.4 Å². The lowest BCUT2D eigenvalue weighted by atomic mass is 9.99. The molecule has 1 heterocycles. The molecular formula is C12H20BrN3. The maximum atomic E-state index is 4.42. The van der Waals surface area contributed by atoms with Crippen LogP contribution < -0.4 is 5.32 Å². The Morgan fingerprint density at radius 3 is 3.00 bits per heavy atom. The Bertz CT molecular complexity index is 348. The lowest BCUT2D eigenvalue weighted by Gasteiger charge is -2.21. The quantitative estimate of drug-likeness (QED) is 0.922. The first kappa shape index (κ1) is 12.1. The van der Waals surface area contributed by atoms with E-state index in [2.05, 4.69) is 44.9 Å². The van der Waals surface area contributed by atoms with Crippen molar-refractivity contribution >= 4 is 15.9 Å². The monoisotopic (exact) mass is 285 g/mol. The van der Waals surface area contributed by atoms with Crippen molar-refractivity contribution < 1.29 is 0 Å². The zero-order chi connectivity index (χ0) is 11.5. The molecule has 0 saturated heterocycles. The lowest BCUT2D eigenvalue weighted by Crippen LogP contribution is -2.32. The van der Waals surface area contributed by atoms with Crippen molar-refractivity contribution in [2.75, 3.05) is 6.54 Å². The average molecular weight is 286 g/mol. The summed E-state index contributed by atoms with van der Waals surface area (Å²) < 4.78 is 3.30. The minimum Gasteiger partial charge on any atom is -0.314 e. The number of rotatable bonds is 4. The molecular weight excluding hydrogens is 266 g/mol. The molecule has 1 aromatic rings. The Morgan fingerprint density at radius 2 is 2.31 bits per heavy atom. The number of hydrogen-bond donors (Lipinski definition) is 1. The van der Waals surface area contributed by atoms with Gasteiger partial charge >= 0.3 is 0 Å². The van der Waals surface area contributed by atoms with Gasteiger partial charge in [0.25, 0.3) is 0 Å². The molecule has 0 spiro atoms. The van der Waals surface area contributed by atoms with Gasteiger partial charge in [-0.1, -0.05) is 13.3 Å². The number of likely N-dealkylation sites (N-methyl/N-ethyl adjacent to an activating group) is 1. The smallest absolute Gasteiger partial charge is 0.0635 e. The predicted molar refractivity (Wildman–Crippen MR) is 69.7 cm³/mol. The third-order valence-electron chi connectivity index (χ3n) is 3.47. The Hall–Kier alpha value is -0.350. The van der Waals surface area contributed by atoms with Gasteiger partial charge < -0.3 is 5.32 Å². The van der Waals surface area contributed by atoms with Gasteiger partial charge in [0, 0.05) is 18.5 Å². The largest absolute Gasteiger partial charge is 0.314 e. The standard InChI is InChI=1S/C12H20BrN3/c1-3-14-11-7-5-6-9(11)12-10(13)8-15-16(12)4-2/h8-9,11,14H,3-7H2,1-2H3. The van der Waals surface area contributed by atoms with Crippen LogP contribution in [-0.2, 0) is 6.54 Å². The molecule has 2 unspecified atom stereocenters. The van der Waals surface area contributed by atoms with Gasteiger partial charge in [0.15, 0.2) is 0 Å². The Kier molecular flexibility index (Phi) is 4.03. The molecule has 2 atom stereocenters. The van der Waals surface area contributed by atoms with Crippen LogP contribution in [-0.4, -0.2) is 22.4 Å². The van der Waals surface area contributed by atoms with E-state index in [0.29, 0.717) is 12.0 Å². The summed E-state index contributed by atoms with van der Waals surface area (Å²) in [5, 5.41) is 8.01. The number of aryl methyl sites for hydroxylation is 1. The summed E-state index contributed by atoms with van der Waals surface area (Å²) in [6, 6.07) is 0.628. The highest BCUT2D eigenvalue weighted by Gasteiger charge is 2.31. The third-order valence-corrected chi connectivity index (χ3v) is 4.08. The van der Waals surface area contributed by atoms with Crippen molar-refractivity contribution in [1.82, 2.24) is 15.1 Å². The van der Waals surface area contributed by atoms with E-state index in [-0.39, 0.29) is 0 Å². The summed E-state index contributed by atoms with van der Waals surface area (Å²) in [7, 11) is 0. The molecule has 4 heteroatoms. The van der Waals surface area contributed by atoms with Crippen LogP contribution in [0.4, 0.5) is 0 Å². The molecule has 1 aliphatic rings. The number of nitrogens with one attached hydrogen (secondary N) is 1. The first-order valence-electron chi connectivity index (χ1n) is 6.22. The SMILES string of the molecule is CCNC1CCCC1c1c(Br)cnn1CC. The minimum atomic E-state index is 0.622. The van der Waals surface area contributed by atoms with Gasteiger partial charge in [0.2, 0.25) is 0 Å². The van der Waals surface area contributed by atoms with E-state index in [1.165, 1.54) is 29.4 Å².